The van der Waals surface area contributed by atoms with Gasteiger partial charge < -0.3 is 15.4 Å². The Balaban J connectivity index is 1.72. The number of thiazole rings is 1. The second-order valence-corrected chi connectivity index (χ2v) is 7.83. The van der Waals surface area contributed by atoms with Gasteiger partial charge in [0, 0.05) is 10.4 Å². The number of rotatable bonds is 6. The molecule has 27 heavy (non-hydrogen) atoms. The van der Waals surface area contributed by atoms with Gasteiger partial charge in [0.05, 0.1) is 19.6 Å². The van der Waals surface area contributed by atoms with Crippen LogP contribution >= 0.6 is 11.3 Å². The van der Waals surface area contributed by atoms with Crippen LogP contribution < -0.4 is 10.6 Å². The average molecular weight is 387 g/mol. The number of nitrogens with zero attached hydrogens (tertiary/aromatic N) is 1. The number of ether oxygens (including phenoxy) is 1. The molecule has 142 valence electrons. The lowest BCUT2D eigenvalue weighted by Crippen LogP contribution is -2.24. The Bertz CT molecular complexity index is 891. The van der Waals surface area contributed by atoms with E-state index in [2.05, 4.69) is 15.6 Å². The fourth-order valence-electron chi connectivity index (χ4n) is 3.01. The van der Waals surface area contributed by atoms with Gasteiger partial charge in [0.2, 0.25) is 5.91 Å². The van der Waals surface area contributed by atoms with Crippen LogP contribution in [0.25, 0.3) is 0 Å². The lowest BCUT2D eigenvalue weighted by Gasteiger charge is -2.10. The fourth-order valence-corrected chi connectivity index (χ4v) is 4.19. The fraction of sp³-hybridized carbons (Fsp3) is 0.368. The summed E-state index contributed by atoms with van der Waals surface area (Å²) in [6, 6.07) is 6.84. The van der Waals surface area contributed by atoms with Gasteiger partial charge >= 0.3 is 5.97 Å². The monoisotopic (exact) mass is 387 g/mol. The summed E-state index contributed by atoms with van der Waals surface area (Å²) in [6.07, 6.45) is 0.763. The highest BCUT2D eigenvalue weighted by Gasteiger charge is 2.30. The SMILES string of the molecule is COC(=O)c1nc(NC(=O)C[C@@H]2NC(=O)c3ccccc32)sc1CC(C)C. The predicted molar refractivity (Wildman–Crippen MR) is 102 cm³/mol. The van der Waals surface area contributed by atoms with Gasteiger partial charge in [-0.1, -0.05) is 32.0 Å². The average Bonchev–Trinajstić information content (AvgIpc) is 3.15. The minimum Gasteiger partial charge on any atom is -0.464 e. The minimum absolute atomic E-state index is 0.0927. The van der Waals surface area contributed by atoms with Crippen LogP contribution in [0.1, 0.15) is 57.6 Å². The first kappa shape index (κ1) is 19.0. The van der Waals surface area contributed by atoms with Crippen molar-refractivity contribution < 1.29 is 19.1 Å². The molecule has 0 aliphatic carbocycles. The first-order valence-electron chi connectivity index (χ1n) is 8.66. The first-order chi connectivity index (χ1) is 12.9. The smallest absolute Gasteiger partial charge is 0.357 e. The Kier molecular flexibility index (Phi) is 5.55. The van der Waals surface area contributed by atoms with E-state index in [0.717, 1.165) is 10.4 Å². The number of amides is 2. The molecule has 0 saturated carbocycles. The van der Waals surface area contributed by atoms with Crippen molar-refractivity contribution in [3.8, 4) is 0 Å². The largest absolute Gasteiger partial charge is 0.464 e. The molecule has 3 rings (SSSR count). The number of nitrogens with one attached hydrogen (secondary N) is 2. The van der Waals surface area contributed by atoms with E-state index in [-0.39, 0.29) is 30.0 Å². The highest BCUT2D eigenvalue weighted by Crippen LogP contribution is 2.29. The molecular weight excluding hydrogens is 366 g/mol. The Morgan fingerprint density at radius 3 is 2.78 bits per heavy atom. The van der Waals surface area contributed by atoms with Gasteiger partial charge in [-0.05, 0) is 24.0 Å². The molecule has 0 bridgehead atoms. The van der Waals surface area contributed by atoms with Gasteiger partial charge in [-0.3, -0.25) is 9.59 Å². The zero-order chi connectivity index (χ0) is 19.6. The van der Waals surface area contributed by atoms with Crippen molar-refractivity contribution in [1.82, 2.24) is 10.3 Å². The second-order valence-electron chi connectivity index (χ2n) is 6.75. The lowest BCUT2D eigenvalue weighted by atomic mass is 10.0. The van der Waals surface area contributed by atoms with Crippen molar-refractivity contribution in [2.24, 2.45) is 5.92 Å². The van der Waals surface area contributed by atoms with Gasteiger partial charge in [-0.2, -0.15) is 0 Å². The molecule has 0 saturated heterocycles. The maximum atomic E-state index is 12.5. The van der Waals surface area contributed by atoms with E-state index in [1.54, 1.807) is 12.1 Å². The lowest BCUT2D eigenvalue weighted by molar-refractivity contribution is -0.116. The van der Waals surface area contributed by atoms with E-state index in [1.807, 2.05) is 26.0 Å². The number of aromatic nitrogens is 1. The summed E-state index contributed by atoms with van der Waals surface area (Å²) in [5, 5.41) is 5.91. The summed E-state index contributed by atoms with van der Waals surface area (Å²) in [6.45, 7) is 4.08. The number of esters is 1. The molecule has 0 radical (unpaired) electrons. The van der Waals surface area contributed by atoms with Crippen molar-refractivity contribution in [1.29, 1.82) is 0 Å². The molecule has 1 aromatic carbocycles. The minimum atomic E-state index is -0.514. The topological polar surface area (TPSA) is 97.4 Å². The van der Waals surface area contributed by atoms with Gasteiger partial charge in [-0.25, -0.2) is 9.78 Å². The first-order valence-corrected chi connectivity index (χ1v) is 9.48. The molecular formula is C19H21N3O4S. The van der Waals surface area contributed by atoms with Gasteiger partial charge in [0.15, 0.2) is 10.8 Å². The number of fused-ring (bicyclic) bond motifs is 1. The van der Waals surface area contributed by atoms with Crippen LogP contribution in [0.3, 0.4) is 0 Å². The molecule has 0 fully saturated rings. The standard InChI is InChI=1S/C19H21N3O4S/c1-10(2)8-14-16(18(25)26-3)22-19(27-14)21-15(23)9-13-11-6-4-5-7-12(11)17(24)20-13/h4-7,10,13H,8-9H2,1-3H3,(H,20,24)(H,21,22,23)/t13-/m0/s1. The normalized spacial score (nSPS) is 15.4. The molecule has 2 amide bonds. The highest BCUT2D eigenvalue weighted by molar-refractivity contribution is 7.16. The number of hydrogen-bond donors (Lipinski definition) is 2. The summed E-state index contributed by atoms with van der Waals surface area (Å²) in [5.41, 5.74) is 1.65. The summed E-state index contributed by atoms with van der Waals surface area (Å²) in [4.78, 5) is 41.4. The van der Waals surface area contributed by atoms with Crippen molar-refractivity contribution in [2.45, 2.75) is 32.7 Å². The quantitative estimate of drug-likeness (QED) is 0.743. The van der Waals surface area contributed by atoms with Gasteiger partial charge in [0.1, 0.15) is 0 Å². The molecule has 2 heterocycles. The van der Waals surface area contributed by atoms with E-state index in [4.69, 9.17) is 4.74 Å². The van der Waals surface area contributed by atoms with Gasteiger partial charge in [-0.15, -0.1) is 11.3 Å². The van der Waals surface area contributed by atoms with Crippen LogP contribution in [0.5, 0.6) is 0 Å². The summed E-state index contributed by atoms with van der Waals surface area (Å²) >= 11 is 1.27. The number of hydrogen-bond acceptors (Lipinski definition) is 6. The summed E-state index contributed by atoms with van der Waals surface area (Å²) < 4.78 is 4.78. The Hall–Kier alpha value is -2.74. The number of methoxy groups -OCH3 is 1. The third-order valence-electron chi connectivity index (χ3n) is 4.19. The molecule has 1 aliphatic rings. The van der Waals surface area contributed by atoms with E-state index < -0.39 is 5.97 Å². The third kappa shape index (κ3) is 4.16. The third-order valence-corrected chi connectivity index (χ3v) is 5.18. The molecule has 2 aromatic rings. The van der Waals surface area contributed by atoms with Crippen LogP contribution in [-0.2, 0) is 16.0 Å². The number of carbonyl (C=O) groups is 3. The number of benzene rings is 1. The van der Waals surface area contributed by atoms with Crippen LogP contribution in [0.15, 0.2) is 24.3 Å². The van der Waals surface area contributed by atoms with E-state index >= 15 is 0 Å². The molecule has 0 spiro atoms. The molecule has 7 nitrogen and oxygen atoms in total. The summed E-state index contributed by atoms with van der Waals surface area (Å²) in [5.74, 6) is -0.634. The van der Waals surface area contributed by atoms with Crippen molar-refractivity contribution >= 4 is 34.3 Å². The van der Waals surface area contributed by atoms with E-state index in [1.165, 1.54) is 18.4 Å². The maximum absolute atomic E-state index is 12.5. The number of carbonyl (C=O) groups excluding carboxylic acids is 3. The Labute approximate surface area is 161 Å². The zero-order valence-corrected chi connectivity index (χ0v) is 16.2. The molecule has 8 heteroatoms. The molecule has 1 atom stereocenters. The molecule has 2 N–H and O–H groups in total. The van der Waals surface area contributed by atoms with Gasteiger partial charge in [0.25, 0.3) is 5.91 Å². The number of anilines is 1. The van der Waals surface area contributed by atoms with E-state index in [0.29, 0.717) is 23.0 Å². The molecule has 1 aromatic heterocycles. The maximum Gasteiger partial charge on any atom is 0.357 e. The predicted octanol–water partition coefficient (Wildman–Crippen LogP) is 2.94. The zero-order valence-electron chi connectivity index (χ0n) is 15.4. The Morgan fingerprint density at radius 1 is 1.33 bits per heavy atom. The summed E-state index contributed by atoms with van der Waals surface area (Å²) in [7, 11) is 1.30. The van der Waals surface area contributed by atoms with Crippen molar-refractivity contribution in [2.75, 3.05) is 12.4 Å². The van der Waals surface area contributed by atoms with Crippen LogP contribution in [0, 0.1) is 5.92 Å². The highest BCUT2D eigenvalue weighted by atomic mass is 32.1. The van der Waals surface area contributed by atoms with Crippen LogP contribution in [0.2, 0.25) is 0 Å². The van der Waals surface area contributed by atoms with Crippen molar-refractivity contribution in [3.63, 3.8) is 0 Å². The van der Waals surface area contributed by atoms with Crippen molar-refractivity contribution in [3.05, 3.63) is 46.0 Å². The molecule has 1 aliphatic heterocycles. The Morgan fingerprint density at radius 2 is 2.07 bits per heavy atom. The second kappa shape index (κ2) is 7.87. The molecule has 0 unspecified atom stereocenters. The van der Waals surface area contributed by atoms with Crippen LogP contribution in [-0.4, -0.2) is 29.9 Å². The van der Waals surface area contributed by atoms with Crippen LogP contribution in [0.4, 0.5) is 5.13 Å². The van der Waals surface area contributed by atoms with E-state index in [9.17, 15) is 14.4 Å².